The Morgan fingerprint density at radius 3 is 1.96 bits per heavy atom. The molecule has 0 amide bonds. The Morgan fingerprint density at radius 2 is 1.43 bits per heavy atom. The van der Waals surface area contributed by atoms with E-state index < -0.39 is 0 Å². The Balaban J connectivity index is 1.64. The van der Waals surface area contributed by atoms with Gasteiger partial charge in [0.25, 0.3) is 0 Å². The van der Waals surface area contributed by atoms with Gasteiger partial charge in [-0.3, -0.25) is 4.90 Å². The highest BCUT2D eigenvalue weighted by Crippen LogP contribution is 2.28. The summed E-state index contributed by atoms with van der Waals surface area (Å²) in [5.41, 5.74) is 4.75. The van der Waals surface area contributed by atoms with E-state index in [4.69, 9.17) is 27.9 Å². The van der Waals surface area contributed by atoms with Crippen LogP contribution < -0.4 is 0 Å². The van der Waals surface area contributed by atoms with Gasteiger partial charge < -0.3 is 4.74 Å². The second-order valence-electron chi connectivity index (χ2n) is 7.08. The minimum absolute atomic E-state index is 0.151. The van der Waals surface area contributed by atoms with E-state index in [1.807, 2.05) is 48.5 Å². The van der Waals surface area contributed by atoms with Crippen LogP contribution in [0.1, 0.15) is 28.4 Å². The molecule has 3 aromatic carbocycles. The Bertz CT molecular complexity index is 832. The number of hydrogen-bond donors (Lipinski definition) is 0. The zero-order valence-electron chi connectivity index (χ0n) is 16.2. The molecule has 0 saturated heterocycles. The van der Waals surface area contributed by atoms with Crippen molar-refractivity contribution in [1.29, 1.82) is 0 Å². The molecule has 0 aliphatic heterocycles. The standard InChI is InChI=1S/C24H25Cl2NO/c1-18-4-3-5-19(16-18)17-27(2)14-15-28-24(20-6-10-22(25)11-7-20)21-8-12-23(26)13-9-21/h3-13,16,24H,14-15,17H2,1-2H3. The smallest absolute Gasteiger partial charge is 0.108 e. The van der Waals surface area contributed by atoms with Crippen molar-refractivity contribution in [2.24, 2.45) is 0 Å². The minimum Gasteiger partial charge on any atom is -0.367 e. The second kappa shape index (κ2) is 10.1. The number of benzene rings is 3. The predicted molar refractivity (Wildman–Crippen MR) is 118 cm³/mol. The van der Waals surface area contributed by atoms with E-state index in [2.05, 4.69) is 43.1 Å². The molecule has 0 fully saturated rings. The van der Waals surface area contributed by atoms with E-state index in [1.165, 1.54) is 11.1 Å². The van der Waals surface area contributed by atoms with Crippen molar-refractivity contribution in [3.05, 3.63) is 105 Å². The Kier molecular flexibility index (Phi) is 7.52. The third kappa shape index (κ3) is 6.08. The topological polar surface area (TPSA) is 12.5 Å². The summed E-state index contributed by atoms with van der Waals surface area (Å²) in [4.78, 5) is 2.27. The van der Waals surface area contributed by atoms with Crippen LogP contribution in [0.25, 0.3) is 0 Å². The quantitative estimate of drug-likeness (QED) is 0.415. The minimum atomic E-state index is -0.151. The molecule has 146 valence electrons. The number of rotatable bonds is 8. The van der Waals surface area contributed by atoms with Crippen LogP contribution in [-0.4, -0.2) is 25.1 Å². The molecule has 0 aliphatic carbocycles. The summed E-state index contributed by atoms with van der Waals surface area (Å²) >= 11 is 12.1. The first kappa shape index (κ1) is 20.9. The number of halogens is 2. The highest BCUT2D eigenvalue weighted by Gasteiger charge is 2.15. The van der Waals surface area contributed by atoms with Gasteiger partial charge in [0.2, 0.25) is 0 Å². The molecule has 0 aromatic heterocycles. The molecule has 0 heterocycles. The molecule has 3 rings (SSSR count). The maximum Gasteiger partial charge on any atom is 0.108 e. The number of likely N-dealkylation sites (N-methyl/N-ethyl adjacent to an activating group) is 1. The van der Waals surface area contributed by atoms with Crippen molar-refractivity contribution in [3.8, 4) is 0 Å². The molecule has 0 aliphatic rings. The zero-order valence-corrected chi connectivity index (χ0v) is 17.8. The molecule has 28 heavy (non-hydrogen) atoms. The molecule has 0 bridgehead atoms. The highest BCUT2D eigenvalue weighted by molar-refractivity contribution is 6.30. The van der Waals surface area contributed by atoms with Crippen LogP contribution in [0.5, 0.6) is 0 Å². The second-order valence-corrected chi connectivity index (χ2v) is 7.95. The number of hydrogen-bond acceptors (Lipinski definition) is 2. The maximum atomic E-state index is 6.30. The Morgan fingerprint density at radius 1 is 0.857 bits per heavy atom. The third-order valence-electron chi connectivity index (χ3n) is 4.64. The first-order valence-corrected chi connectivity index (χ1v) is 10.1. The summed E-state index contributed by atoms with van der Waals surface area (Å²) in [7, 11) is 2.12. The van der Waals surface area contributed by atoms with Crippen LogP contribution in [0.2, 0.25) is 10.0 Å². The number of nitrogens with zero attached hydrogens (tertiary/aromatic N) is 1. The monoisotopic (exact) mass is 413 g/mol. The lowest BCUT2D eigenvalue weighted by atomic mass is 10.0. The summed E-state index contributed by atoms with van der Waals surface area (Å²) in [6, 6.07) is 24.2. The highest BCUT2D eigenvalue weighted by atomic mass is 35.5. The van der Waals surface area contributed by atoms with Gasteiger partial charge in [0.05, 0.1) is 6.61 Å². The lowest BCUT2D eigenvalue weighted by Gasteiger charge is -2.22. The van der Waals surface area contributed by atoms with E-state index in [0.717, 1.165) is 34.3 Å². The van der Waals surface area contributed by atoms with Crippen molar-refractivity contribution in [3.63, 3.8) is 0 Å². The predicted octanol–water partition coefficient (Wildman–Crippen LogP) is 6.54. The molecule has 0 radical (unpaired) electrons. The largest absolute Gasteiger partial charge is 0.367 e. The molecule has 3 aromatic rings. The lowest BCUT2D eigenvalue weighted by molar-refractivity contribution is 0.0635. The average molecular weight is 414 g/mol. The molecule has 0 saturated carbocycles. The van der Waals surface area contributed by atoms with Gasteiger partial charge in [0.15, 0.2) is 0 Å². The maximum absolute atomic E-state index is 6.30. The normalized spacial score (nSPS) is 11.4. The van der Waals surface area contributed by atoms with Crippen molar-refractivity contribution < 1.29 is 4.74 Å². The van der Waals surface area contributed by atoms with E-state index in [9.17, 15) is 0 Å². The van der Waals surface area contributed by atoms with Crippen molar-refractivity contribution in [1.82, 2.24) is 4.90 Å². The van der Waals surface area contributed by atoms with Gasteiger partial charge in [-0.25, -0.2) is 0 Å². The summed E-state index contributed by atoms with van der Waals surface area (Å²) < 4.78 is 6.30. The molecular weight excluding hydrogens is 389 g/mol. The van der Waals surface area contributed by atoms with Crippen LogP contribution in [0.4, 0.5) is 0 Å². The van der Waals surface area contributed by atoms with Gasteiger partial charge in [-0.1, -0.05) is 77.3 Å². The van der Waals surface area contributed by atoms with E-state index in [-0.39, 0.29) is 6.10 Å². The summed E-state index contributed by atoms with van der Waals surface area (Å²) in [5, 5.41) is 1.44. The molecule has 0 N–H and O–H groups in total. The van der Waals surface area contributed by atoms with Crippen LogP contribution in [0.15, 0.2) is 72.8 Å². The Labute approximate surface area is 177 Å². The van der Waals surface area contributed by atoms with Gasteiger partial charge in [-0.2, -0.15) is 0 Å². The van der Waals surface area contributed by atoms with Gasteiger partial charge in [-0.05, 0) is 54.9 Å². The fourth-order valence-electron chi connectivity index (χ4n) is 3.19. The van der Waals surface area contributed by atoms with Crippen molar-refractivity contribution in [2.75, 3.05) is 20.2 Å². The average Bonchev–Trinajstić information content (AvgIpc) is 2.67. The van der Waals surface area contributed by atoms with Gasteiger partial charge in [0, 0.05) is 23.1 Å². The van der Waals surface area contributed by atoms with Gasteiger partial charge in [0.1, 0.15) is 6.10 Å². The fraction of sp³-hybridized carbons (Fsp3) is 0.250. The third-order valence-corrected chi connectivity index (χ3v) is 5.14. The Hall–Kier alpha value is -1.84. The van der Waals surface area contributed by atoms with E-state index >= 15 is 0 Å². The van der Waals surface area contributed by atoms with Crippen LogP contribution in [0, 0.1) is 6.92 Å². The fourth-order valence-corrected chi connectivity index (χ4v) is 3.44. The summed E-state index contributed by atoms with van der Waals surface area (Å²) in [6.45, 7) is 4.48. The first-order valence-electron chi connectivity index (χ1n) is 9.38. The van der Waals surface area contributed by atoms with E-state index in [1.54, 1.807) is 0 Å². The molecule has 0 spiro atoms. The first-order chi connectivity index (χ1) is 13.5. The molecule has 0 unspecified atom stereocenters. The molecule has 4 heteroatoms. The van der Waals surface area contributed by atoms with Crippen LogP contribution in [-0.2, 0) is 11.3 Å². The molecular formula is C24H25Cl2NO. The van der Waals surface area contributed by atoms with Crippen LogP contribution >= 0.6 is 23.2 Å². The molecule has 2 nitrogen and oxygen atoms in total. The number of aryl methyl sites for hydroxylation is 1. The SMILES string of the molecule is Cc1cccc(CN(C)CCOC(c2ccc(Cl)cc2)c2ccc(Cl)cc2)c1. The van der Waals surface area contributed by atoms with Gasteiger partial charge in [-0.15, -0.1) is 0 Å². The number of ether oxygens (including phenoxy) is 1. The van der Waals surface area contributed by atoms with Crippen molar-refractivity contribution >= 4 is 23.2 Å². The summed E-state index contributed by atoms with van der Waals surface area (Å²) in [6.07, 6.45) is -0.151. The van der Waals surface area contributed by atoms with Crippen molar-refractivity contribution in [2.45, 2.75) is 19.6 Å². The van der Waals surface area contributed by atoms with Gasteiger partial charge >= 0.3 is 0 Å². The zero-order chi connectivity index (χ0) is 19.9. The molecule has 0 atom stereocenters. The van der Waals surface area contributed by atoms with E-state index in [0.29, 0.717) is 6.61 Å². The lowest BCUT2D eigenvalue weighted by Crippen LogP contribution is -2.24. The van der Waals surface area contributed by atoms with Crippen LogP contribution in [0.3, 0.4) is 0 Å². The summed E-state index contributed by atoms with van der Waals surface area (Å²) in [5.74, 6) is 0.